The minimum absolute atomic E-state index is 0.141. The SMILES string of the molecule is COc1cccc(-c2nc3c4ccccc4nc(N[C@@H](C(=O)O)C(C)C)n3n2)c1. The number of carboxylic acids is 1. The standard InChI is InChI=1S/C21H21N5O3/c1-12(2)17(20(27)28)23-21-22-16-10-5-4-9-15(16)19-24-18(25-26(19)21)13-7-6-8-14(11-13)29-3/h4-12,17H,1-3H3,(H,22,23)(H,27,28)/t17-/m1/s1. The lowest BCUT2D eigenvalue weighted by Gasteiger charge is -2.19. The Kier molecular flexibility index (Phi) is 4.75. The molecule has 4 rings (SSSR count). The van der Waals surface area contributed by atoms with E-state index in [9.17, 15) is 9.90 Å². The van der Waals surface area contributed by atoms with E-state index in [-0.39, 0.29) is 5.92 Å². The second kappa shape index (κ2) is 7.38. The number of nitrogens with one attached hydrogen (secondary N) is 1. The van der Waals surface area contributed by atoms with E-state index in [1.165, 1.54) is 0 Å². The van der Waals surface area contributed by atoms with Gasteiger partial charge in [0.05, 0.1) is 12.6 Å². The van der Waals surface area contributed by atoms with Crippen LogP contribution in [0.15, 0.2) is 48.5 Å². The van der Waals surface area contributed by atoms with Crippen LogP contribution < -0.4 is 10.1 Å². The fourth-order valence-electron chi connectivity index (χ4n) is 3.19. The van der Waals surface area contributed by atoms with Gasteiger partial charge in [0.25, 0.3) is 0 Å². The average molecular weight is 391 g/mol. The molecule has 148 valence electrons. The summed E-state index contributed by atoms with van der Waals surface area (Å²) in [6.07, 6.45) is 0. The van der Waals surface area contributed by atoms with E-state index in [0.29, 0.717) is 28.7 Å². The number of carboxylic acid groups (broad SMARTS) is 1. The molecule has 2 N–H and O–H groups in total. The quantitative estimate of drug-likeness (QED) is 0.519. The van der Waals surface area contributed by atoms with E-state index >= 15 is 0 Å². The Morgan fingerprint density at radius 1 is 1.14 bits per heavy atom. The summed E-state index contributed by atoms with van der Waals surface area (Å²) in [6.45, 7) is 3.68. The van der Waals surface area contributed by atoms with Crippen LogP contribution in [0.5, 0.6) is 5.75 Å². The number of methoxy groups -OCH3 is 1. The van der Waals surface area contributed by atoms with E-state index in [1.807, 2.05) is 62.4 Å². The zero-order valence-corrected chi connectivity index (χ0v) is 16.3. The van der Waals surface area contributed by atoms with Gasteiger partial charge >= 0.3 is 5.97 Å². The van der Waals surface area contributed by atoms with Crippen LogP contribution in [0.3, 0.4) is 0 Å². The number of fused-ring (bicyclic) bond motifs is 3. The van der Waals surface area contributed by atoms with Gasteiger partial charge in [-0.15, -0.1) is 5.10 Å². The lowest BCUT2D eigenvalue weighted by atomic mass is 10.1. The highest BCUT2D eigenvalue weighted by molar-refractivity contribution is 5.93. The van der Waals surface area contributed by atoms with Gasteiger partial charge < -0.3 is 15.2 Å². The molecule has 0 bridgehead atoms. The van der Waals surface area contributed by atoms with Crippen molar-refractivity contribution in [1.82, 2.24) is 19.6 Å². The number of carbonyl (C=O) groups is 1. The van der Waals surface area contributed by atoms with Gasteiger partial charge in [0.1, 0.15) is 11.8 Å². The highest BCUT2D eigenvalue weighted by atomic mass is 16.5. The number of rotatable bonds is 6. The summed E-state index contributed by atoms with van der Waals surface area (Å²) >= 11 is 0. The van der Waals surface area contributed by atoms with E-state index in [4.69, 9.17) is 9.72 Å². The largest absolute Gasteiger partial charge is 0.497 e. The molecule has 0 radical (unpaired) electrons. The molecule has 0 fully saturated rings. The summed E-state index contributed by atoms with van der Waals surface area (Å²) in [7, 11) is 1.60. The second-order valence-corrected chi connectivity index (χ2v) is 7.06. The lowest BCUT2D eigenvalue weighted by Crippen LogP contribution is -2.35. The highest BCUT2D eigenvalue weighted by Gasteiger charge is 2.24. The fourth-order valence-corrected chi connectivity index (χ4v) is 3.19. The molecule has 4 aromatic rings. The van der Waals surface area contributed by atoms with Crippen molar-refractivity contribution in [3.8, 4) is 17.1 Å². The molecule has 8 heteroatoms. The highest BCUT2D eigenvalue weighted by Crippen LogP contribution is 2.26. The van der Waals surface area contributed by atoms with Gasteiger partial charge in [-0.25, -0.2) is 14.8 Å². The molecule has 2 aromatic carbocycles. The third-order valence-corrected chi connectivity index (χ3v) is 4.72. The number of benzene rings is 2. The topological polar surface area (TPSA) is 102 Å². The Balaban J connectivity index is 1.92. The Morgan fingerprint density at radius 2 is 1.93 bits per heavy atom. The van der Waals surface area contributed by atoms with E-state index in [2.05, 4.69) is 15.4 Å². The Labute approximate surface area is 167 Å². The first-order valence-electron chi connectivity index (χ1n) is 9.27. The first-order chi connectivity index (χ1) is 14.0. The number of aliphatic carboxylic acids is 1. The van der Waals surface area contributed by atoms with Crippen LogP contribution in [0.4, 0.5) is 5.95 Å². The molecular formula is C21H21N5O3. The molecule has 29 heavy (non-hydrogen) atoms. The van der Waals surface area contributed by atoms with Crippen molar-refractivity contribution < 1.29 is 14.6 Å². The molecule has 0 saturated carbocycles. The van der Waals surface area contributed by atoms with Crippen molar-refractivity contribution in [2.75, 3.05) is 12.4 Å². The smallest absolute Gasteiger partial charge is 0.326 e. The summed E-state index contributed by atoms with van der Waals surface area (Å²) in [4.78, 5) is 21.0. The van der Waals surface area contributed by atoms with Crippen LogP contribution in [-0.2, 0) is 4.79 Å². The average Bonchev–Trinajstić information content (AvgIpc) is 3.17. The van der Waals surface area contributed by atoms with Gasteiger partial charge in [0, 0.05) is 10.9 Å². The van der Waals surface area contributed by atoms with Gasteiger partial charge in [-0.3, -0.25) is 0 Å². The maximum atomic E-state index is 11.7. The van der Waals surface area contributed by atoms with Gasteiger partial charge in [-0.05, 0) is 30.2 Å². The minimum Gasteiger partial charge on any atom is -0.497 e. The van der Waals surface area contributed by atoms with Gasteiger partial charge in [0.2, 0.25) is 5.95 Å². The zero-order chi connectivity index (χ0) is 20.5. The van der Waals surface area contributed by atoms with E-state index in [0.717, 1.165) is 10.9 Å². The summed E-state index contributed by atoms with van der Waals surface area (Å²) in [5.41, 5.74) is 2.10. The first-order valence-corrected chi connectivity index (χ1v) is 9.27. The summed E-state index contributed by atoms with van der Waals surface area (Å²) in [5.74, 6) is 0.449. The number of hydrogen-bond donors (Lipinski definition) is 2. The van der Waals surface area contributed by atoms with Gasteiger partial charge in [-0.2, -0.15) is 4.52 Å². The van der Waals surface area contributed by atoms with Crippen LogP contribution in [-0.4, -0.2) is 43.8 Å². The molecule has 0 unspecified atom stereocenters. The first kappa shape index (κ1) is 18.7. The van der Waals surface area contributed by atoms with E-state index in [1.54, 1.807) is 11.6 Å². The zero-order valence-electron chi connectivity index (χ0n) is 16.3. The van der Waals surface area contributed by atoms with Crippen molar-refractivity contribution in [2.45, 2.75) is 19.9 Å². The molecule has 2 aromatic heterocycles. The molecule has 8 nitrogen and oxygen atoms in total. The number of aromatic nitrogens is 4. The monoisotopic (exact) mass is 391 g/mol. The van der Waals surface area contributed by atoms with Crippen LogP contribution in [0.1, 0.15) is 13.8 Å². The van der Waals surface area contributed by atoms with Crippen LogP contribution in [0.2, 0.25) is 0 Å². The Morgan fingerprint density at radius 3 is 2.66 bits per heavy atom. The van der Waals surface area contributed by atoms with Gasteiger partial charge in [0.15, 0.2) is 11.5 Å². The van der Waals surface area contributed by atoms with Crippen molar-refractivity contribution in [3.05, 3.63) is 48.5 Å². The fraction of sp³-hybridized carbons (Fsp3) is 0.238. The predicted octanol–water partition coefficient (Wildman–Crippen LogP) is 3.47. The Hall–Kier alpha value is -3.68. The summed E-state index contributed by atoms with van der Waals surface area (Å²) in [6, 6.07) is 14.2. The normalized spacial score (nSPS) is 12.4. The Bertz CT molecular complexity index is 1200. The number of para-hydroxylation sites is 1. The summed E-state index contributed by atoms with van der Waals surface area (Å²) in [5, 5.41) is 18.0. The molecule has 1 atom stereocenters. The number of nitrogens with zero attached hydrogens (tertiary/aromatic N) is 4. The predicted molar refractivity (Wildman–Crippen MR) is 110 cm³/mol. The molecule has 2 heterocycles. The molecule has 0 spiro atoms. The van der Waals surface area contributed by atoms with Crippen LogP contribution in [0.25, 0.3) is 27.9 Å². The third kappa shape index (κ3) is 3.44. The second-order valence-electron chi connectivity index (χ2n) is 7.06. The van der Waals surface area contributed by atoms with Crippen molar-refractivity contribution in [2.24, 2.45) is 5.92 Å². The molecule has 0 saturated heterocycles. The summed E-state index contributed by atoms with van der Waals surface area (Å²) < 4.78 is 6.86. The molecule has 0 amide bonds. The number of ether oxygens (including phenoxy) is 1. The lowest BCUT2D eigenvalue weighted by molar-refractivity contribution is -0.138. The number of anilines is 1. The molecule has 0 aliphatic heterocycles. The van der Waals surface area contributed by atoms with Crippen LogP contribution >= 0.6 is 0 Å². The minimum atomic E-state index is -0.948. The molecule has 0 aliphatic rings. The van der Waals surface area contributed by atoms with Crippen molar-refractivity contribution in [3.63, 3.8) is 0 Å². The van der Waals surface area contributed by atoms with Gasteiger partial charge in [-0.1, -0.05) is 38.1 Å². The van der Waals surface area contributed by atoms with E-state index < -0.39 is 12.0 Å². The van der Waals surface area contributed by atoms with Crippen LogP contribution in [0, 0.1) is 5.92 Å². The molecule has 0 aliphatic carbocycles. The number of hydrogen-bond acceptors (Lipinski definition) is 6. The maximum Gasteiger partial charge on any atom is 0.326 e. The maximum absolute atomic E-state index is 11.7. The third-order valence-electron chi connectivity index (χ3n) is 4.72. The molecular weight excluding hydrogens is 370 g/mol. The van der Waals surface area contributed by atoms with Crippen molar-refractivity contribution in [1.29, 1.82) is 0 Å². The van der Waals surface area contributed by atoms with Crippen molar-refractivity contribution >= 4 is 28.5 Å².